The maximum Gasteiger partial charge on any atom is 0.280 e. The van der Waals surface area contributed by atoms with Crippen molar-refractivity contribution in [2.24, 2.45) is 7.05 Å². The third kappa shape index (κ3) is 2.63. The second-order valence-electron chi connectivity index (χ2n) is 6.52. The number of rotatable bonds is 3. The molecule has 1 aromatic heterocycles. The third-order valence-electron chi connectivity index (χ3n) is 5.16. The van der Waals surface area contributed by atoms with Crippen molar-refractivity contribution in [3.63, 3.8) is 0 Å². The van der Waals surface area contributed by atoms with E-state index in [4.69, 9.17) is 0 Å². The first-order chi connectivity index (χ1) is 10.6. The Morgan fingerprint density at radius 3 is 2.64 bits per heavy atom. The molecule has 0 spiro atoms. The number of para-hydroxylation sites is 1. The Morgan fingerprint density at radius 1 is 1.23 bits per heavy atom. The van der Waals surface area contributed by atoms with Crippen LogP contribution in [0.15, 0.2) is 35.1 Å². The quantitative estimate of drug-likeness (QED) is 0.914. The molecule has 1 saturated heterocycles. The molecule has 1 fully saturated rings. The molecule has 3 rings (SSSR count). The van der Waals surface area contributed by atoms with Crippen LogP contribution in [0.4, 0.5) is 0 Å². The molecule has 2 aromatic rings. The monoisotopic (exact) mass is 300 g/mol. The van der Waals surface area contributed by atoms with Crippen LogP contribution >= 0.6 is 0 Å². The summed E-state index contributed by atoms with van der Waals surface area (Å²) in [6, 6.07) is 10.5. The third-order valence-corrected chi connectivity index (χ3v) is 5.16. The fourth-order valence-corrected chi connectivity index (χ4v) is 3.57. The summed E-state index contributed by atoms with van der Waals surface area (Å²) in [5.74, 6) is 0. The van der Waals surface area contributed by atoms with Gasteiger partial charge in [0.25, 0.3) is 5.56 Å². The Balaban J connectivity index is 1.98. The Hall–Kier alpha value is -1.81. The number of aromatic nitrogens is 2. The van der Waals surface area contributed by atoms with E-state index in [0.29, 0.717) is 6.04 Å². The Labute approximate surface area is 132 Å². The standard InChI is InChI=1S/C18H25N3O/c1-14-9-7-8-12-20(14)13-17-15(2)19(3)21(18(17)22)16-10-5-4-6-11-16/h4-6,10-11,14H,7-9,12-13H2,1-3H3/p+1/t14-/m1/s1. The normalized spacial score (nSPS) is 22.0. The van der Waals surface area contributed by atoms with E-state index in [1.54, 1.807) is 9.58 Å². The van der Waals surface area contributed by atoms with Crippen molar-refractivity contribution in [3.8, 4) is 5.69 Å². The summed E-state index contributed by atoms with van der Waals surface area (Å²) in [7, 11) is 1.97. The highest BCUT2D eigenvalue weighted by atomic mass is 16.1. The van der Waals surface area contributed by atoms with Crippen molar-refractivity contribution >= 4 is 0 Å². The molecule has 1 N–H and O–H groups in total. The predicted octanol–water partition coefficient (Wildman–Crippen LogP) is 1.44. The van der Waals surface area contributed by atoms with Gasteiger partial charge in [0.05, 0.1) is 23.8 Å². The smallest absolute Gasteiger partial charge is 0.280 e. The van der Waals surface area contributed by atoms with Crippen molar-refractivity contribution in [2.75, 3.05) is 6.54 Å². The molecule has 22 heavy (non-hydrogen) atoms. The average molecular weight is 300 g/mol. The lowest BCUT2D eigenvalue weighted by atomic mass is 10.0. The van der Waals surface area contributed by atoms with Crippen LogP contribution < -0.4 is 10.5 Å². The molecule has 0 saturated carbocycles. The topological polar surface area (TPSA) is 31.4 Å². The molecule has 2 atom stereocenters. The van der Waals surface area contributed by atoms with Crippen molar-refractivity contribution in [1.82, 2.24) is 9.36 Å². The van der Waals surface area contributed by atoms with Crippen molar-refractivity contribution in [3.05, 3.63) is 51.9 Å². The van der Waals surface area contributed by atoms with Crippen LogP contribution in [0.2, 0.25) is 0 Å². The van der Waals surface area contributed by atoms with Gasteiger partial charge in [0.15, 0.2) is 0 Å². The molecule has 0 amide bonds. The summed E-state index contributed by atoms with van der Waals surface area (Å²) < 4.78 is 3.78. The van der Waals surface area contributed by atoms with E-state index in [2.05, 4.69) is 13.8 Å². The molecule has 1 aromatic carbocycles. The number of nitrogens with one attached hydrogen (secondary N) is 1. The summed E-state index contributed by atoms with van der Waals surface area (Å²) in [6.45, 7) is 6.40. The molecule has 1 aliphatic rings. The van der Waals surface area contributed by atoms with Gasteiger partial charge in [-0.2, -0.15) is 0 Å². The van der Waals surface area contributed by atoms with Gasteiger partial charge in [-0.3, -0.25) is 9.48 Å². The van der Waals surface area contributed by atoms with Crippen LogP contribution in [-0.4, -0.2) is 22.0 Å². The first kappa shape index (κ1) is 15.1. The summed E-state index contributed by atoms with van der Waals surface area (Å²) in [4.78, 5) is 14.5. The van der Waals surface area contributed by atoms with Crippen LogP contribution in [0.1, 0.15) is 37.4 Å². The predicted molar refractivity (Wildman–Crippen MR) is 88.6 cm³/mol. The molecule has 0 radical (unpaired) electrons. The van der Waals surface area contributed by atoms with Gasteiger partial charge in [-0.05, 0) is 45.2 Å². The highest BCUT2D eigenvalue weighted by Gasteiger charge is 2.26. The molecule has 0 bridgehead atoms. The Bertz CT molecular complexity index is 699. The average Bonchev–Trinajstić information content (AvgIpc) is 2.74. The molecule has 1 aliphatic heterocycles. The van der Waals surface area contributed by atoms with Crippen LogP contribution in [0, 0.1) is 6.92 Å². The fraction of sp³-hybridized carbons (Fsp3) is 0.500. The van der Waals surface area contributed by atoms with E-state index in [1.165, 1.54) is 25.8 Å². The highest BCUT2D eigenvalue weighted by Crippen LogP contribution is 2.10. The highest BCUT2D eigenvalue weighted by molar-refractivity contribution is 5.33. The number of nitrogens with zero attached hydrogens (tertiary/aromatic N) is 2. The van der Waals surface area contributed by atoms with E-state index in [1.807, 2.05) is 42.1 Å². The largest absolute Gasteiger partial charge is 0.329 e. The summed E-state index contributed by atoms with van der Waals surface area (Å²) in [5.41, 5.74) is 3.12. The van der Waals surface area contributed by atoms with Gasteiger partial charge in [-0.1, -0.05) is 18.2 Å². The first-order valence-electron chi connectivity index (χ1n) is 8.27. The molecular formula is C18H26N3O+. The molecule has 0 aliphatic carbocycles. The van der Waals surface area contributed by atoms with Gasteiger partial charge >= 0.3 is 0 Å². The first-order valence-corrected chi connectivity index (χ1v) is 8.27. The minimum Gasteiger partial charge on any atom is -0.329 e. The van der Waals surface area contributed by atoms with Crippen molar-refractivity contribution in [2.45, 2.75) is 45.7 Å². The van der Waals surface area contributed by atoms with Crippen LogP contribution in [-0.2, 0) is 13.6 Å². The molecule has 4 nitrogen and oxygen atoms in total. The lowest BCUT2D eigenvalue weighted by molar-refractivity contribution is -0.942. The molecule has 1 unspecified atom stereocenters. The Morgan fingerprint density at radius 2 is 1.95 bits per heavy atom. The number of quaternary nitrogens is 1. The maximum absolute atomic E-state index is 12.9. The van der Waals surface area contributed by atoms with Crippen LogP contribution in [0.25, 0.3) is 5.69 Å². The molecular weight excluding hydrogens is 274 g/mol. The number of hydrogen-bond donors (Lipinski definition) is 1. The Kier molecular flexibility index (Phi) is 4.21. The zero-order valence-electron chi connectivity index (χ0n) is 13.8. The zero-order chi connectivity index (χ0) is 15.7. The number of benzene rings is 1. The van der Waals surface area contributed by atoms with Crippen molar-refractivity contribution in [1.29, 1.82) is 0 Å². The second kappa shape index (κ2) is 6.13. The number of piperidine rings is 1. The van der Waals surface area contributed by atoms with E-state index in [9.17, 15) is 4.79 Å². The maximum atomic E-state index is 12.9. The fourth-order valence-electron chi connectivity index (χ4n) is 3.57. The van der Waals surface area contributed by atoms with Gasteiger partial charge in [0.2, 0.25) is 0 Å². The molecule has 4 heteroatoms. The summed E-state index contributed by atoms with van der Waals surface area (Å²) >= 11 is 0. The van der Waals surface area contributed by atoms with E-state index in [0.717, 1.165) is 23.5 Å². The number of likely N-dealkylation sites (tertiary alicyclic amines) is 1. The van der Waals surface area contributed by atoms with Gasteiger partial charge in [-0.25, -0.2) is 4.68 Å². The minimum atomic E-state index is 0.136. The lowest BCUT2D eigenvalue weighted by Crippen LogP contribution is -3.15. The number of hydrogen-bond acceptors (Lipinski definition) is 1. The van der Waals surface area contributed by atoms with Crippen LogP contribution in [0.5, 0.6) is 0 Å². The van der Waals surface area contributed by atoms with Crippen molar-refractivity contribution < 1.29 is 4.90 Å². The minimum absolute atomic E-state index is 0.136. The summed E-state index contributed by atoms with van der Waals surface area (Å²) in [6.07, 6.45) is 3.87. The van der Waals surface area contributed by atoms with Gasteiger partial charge in [-0.15, -0.1) is 0 Å². The van der Waals surface area contributed by atoms with Gasteiger partial charge in [0.1, 0.15) is 6.54 Å². The lowest BCUT2D eigenvalue weighted by Gasteiger charge is -2.29. The summed E-state index contributed by atoms with van der Waals surface area (Å²) in [5, 5.41) is 0. The molecule has 118 valence electrons. The second-order valence-corrected chi connectivity index (χ2v) is 6.52. The SMILES string of the molecule is Cc1c(C[NH+]2CCCC[C@H]2C)c(=O)n(-c2ccccc2)n1C. The van der Waals surface area contributed by atoms with E-state index in [-0.39, 0.29) is 5.56 Å². The van der Waals surface area contributed by atoms with E-state index >= 15 is 0 Å². The van der Waals surface area contributed by atoms with E-state index < -0.39 is 0 Å². The van der Waals surface area contributed by atoms with Gasteiger partial charge < -0.3 is 4.90 Å². The van der Waals surface area contributed by atoms with Crippen LogP contribution in [0.3, 0.4) is 0 Å². The zero-order valence-corrected chi connectivity index (χ0v) is 13.8. The van der Waals surface area contributed by atoms with Gasteiger partial charge in [0, 0.05) is 12.7 Å². The molecule has 2 heterocycles.